The van der Waals surface area contributed by atoms with Crippen LogP contribution in [0.15, 0.2) is 53.7 Å². The summed E-state index contributed by atoms with van der Waals surface area (Å²) in [6.45, 7) is 3.90. The summed E-state index contributed by atoms with van der Waals surface area (Å²) in [5.74, 6) is 1.36. The van der Waals surface area contributed by atoms with Crippen molar-refractivity contribution in [1.82, 2.24) is 20.1 Å². The summed E-state index contributed by atoms with van der Waals surface area (Å²) in [7, 11) is 1.91. The van der Waals surface area contributed by atoms with E-state index >= 15 is 0 Å². The maximum absolute atomic E-state index is 12.4. The van der Waals surface area contributed by atoms with Crippen molar-refractivity contribution in [3.8, 4) is 0 Å². The Morgan fingerprint density at radius 2 is 1.81 bits per heavy atom. The van der Waals surface area contributed by atoms with Gasteiger partial charge in [-0.15, -0.1) is 10.2 Å². The van der Waals surface area contributed by atoms with Gasteiger partial charge in [-0.05, 0) is 43.7 Å². The molecule has 0 aliphatic heterocycles. The molecule has 0 radical (unpaired) electrons. The first-order valence-corrected chi connectivity index (χ1v) is 9.94. The molecule has 27 heavy (non-hydrogen) atoms. The summed E-state index contributed by atoms with van der Waals surface area (Å²) >= 11 is 7.51. The smallest absolute Gasteiger partial charge is 0.251 e. The Labute approximate surface area is 168 Å². The lowest BCUT2D eigenvalue weighted by atomic mass is 10.1. The molecule has 0 bridgehead atoms. The minimum atomic E-state index is -0.249. The first-order valence-electron chi connectivity index (χ1n) is 8.58. The molecule has 0 fully saturated rings. The van der Waals surface area contributed by atoms with Gasteiger partial charge in [-0.2, -0.15) is 0 Å². The fourth-order valence-electron chi connectivity index (χ4n) is 2.61. The van der Waals surface area contributed by atoms with Gasteiger partial charge in [-0.3, -0.25) is 4.79 Å². The van der Waals surface area contributed by atoms with E-state index in [1.165, 1.54) is 0 Å². The molecule has 5 nitrogen and oxygen atoms in total. The van der Waals surface area contributed by atoms with E-state index in [2.05, 4.69) is 15.5 Å². The summed E-state index contributed by atoms with van der Waals surface area (Å²) in [4.78, 5) is 12.4. The predicted molar refractivity (Wildman–Crippen MR) is 109 cm³/mol. The van der Waals surface area contributed by atoms with Crippen molar-refractivity contribution in [1.29, 1.82) is 0 Å². The van der Waals surface area contributed by atoms with E-state index in [-0.39, 0.29) is 11.9 Å². The van der Waals surface area contributed by atoms with Crippen LogP contribution < -0.4 is 5.32 Å². The standard InChI is InChI=1S/C20H21ClN4OS/c1-13-4-8-16(9-5-13)19(26)22-14(2)18-23-24-20(25(18)3)27-12-15-6-10-17(21)11-7-15/h4-11,14H,12H2,1-3H3,(H,22,26)/t14-/m1/s1. The van der Waals surface area contributed by atoms with E-state index in [0.29, 0.717) is 11.4 Å². The van der Waals surface area contributed by atoms with Gasteiger partial charge in [0, 0.05) is 23.4 Å². The van der Waals surface area contributed by atoms with Crippen LogP contribution >= 0.6 is 23.4 Å². The summed E-state index contributed by atoms with van der Waals surface area (Å²) in [5, 5.41) is 13.0. The van der Waals surface area contributed by atoms with Gasteiger partial charge >= 0.3 is 0 Å². The zero-order valence-electron chi connectivity index (χ0n) is 15.4. The summed E-state index contributed by atoms with van der Waals surface area (Å²) in [6.07, 6.45) is 0. The van der Waals surface area contributed by atoms with Gasteiger partial charge in [-0.1, -0.05) is 53.2 Å². The van der Waals surface area contributed by atoms with E-state index in [0.717, 1.165) is 27.1 Å². The maximum Gasteiger partial charge on any atom is 0.251 e. The maximum atomic E-state index is 12.4. The summed E-state index contributed by atoms with van der Waals surface area (Å²) in [6, 6.07) is 15.0. The molecule has 0 aliphatic carbocycles. The Balaban J connectivity index is 1.64. The fraction of sp³-hybridized carbons (Fsp3) is 0.250. The normalized spacial score (nSPS) is 12.0. The van der Waals surface area contributed by atoms with E-state index < -0.39 is 0 Å². The molecule has 2 aromatic carbocycles. The van der Waals surface area contributed by atoms with E-state index in [1.807, 2.05) is 74.0 Å². The number of aromatic nitrogens is 3. The van der Waals surface area contributed by atoms with Crippen LogP contribution in [0.25, 0.3) is 0 Å². The number of benzene rings is 2. The molecule has 1 N–H and O–H groups in total. The van der Waals surface area contributed by atoms with Gasteiger partial charge in [0.05, 0.1) is 6.04 Å². The number of rotatable bonds is 6. The third-order valence-electron chi connectivity index (χ3n) is 4.20. The minimum absolute atomic E-state index is 0.124. The summed E-state index contributed by atoms with van der Waals surface area (Å²) < 4.78 is 1.92. The van der Waals surface area contributed by atoms with Gasteiger partial charge in [0.2, 0.25) is 0 Å². The quantitative estimate of drug-likeness (QED) is 0.616. The first kappa shape index (κ1) is 19.5. The van der Waals surface area contributed by atoms with E-state index in [1.54, 1.807) is 11.8 Å². The molecular formula is C20H21ClN4OS. The topological polar surface area (TPSA) is 59.8 Å². The minimum Gasteiger partial charge on any atom is -0.342 e. The van der Waals surface area contributed by atoms with E-state index in [9.17, 15) is 4.79 Å². The van der Waals surface area contributed by atoms with Crippen LogP contribution in [0, 0.1) is 6.92 Å². The van der Waals surface area contributed by atoms with Crippen LogP contribution in [0.1, 0.15) is 40.3 Å². The molecule has 1 amide bonds. The average Bonchev–Trinajstić information content (AvgIpc) is 3.02. The number of amides is 1. The first-order chi connectivity index (χ1) is 12.9. The van der Waals surface area contributed by atoms with Crippen molar-refractivity contribution >= 4 is 29.3 Å². The SMILES string of the molecule is Cc1ccc(C(=O)N[C@H](C)c2nnc(SCc3ccc(Cl)cc3)n2C)cc1. The third-order valence-corrected chi connectivity index (χ3v) is 5.54. The molecule has 3 aromatic rings. The summed E-state index contributed by atoms with van der Waals surface area (Å²) in [5.41, 5.74) is 2.91. The van der Waals surface area contributed by atoms with Crippen LogP contribution in [0.3, 0.4) is 0 Å². The number of hydrogen-bond acceptors (Lipinski definition) is 4. The second-order valence-corrected chi connectivity index (χ2v) is 7.76. The molecule has 1 heterocycles. The van der Waals surface area contributed by atoms with Crippen molar-refractivity contribution in [3.63, 3.8) is 0 Å². The molecular weight excluding hydrogens is 380 g/mol. The highest BCUT2D eigenvalue weighted by Crippen LogP contribution is 2.23. The lowest BCUT2D eigenvalue weighted by Crippen LogP contribution is -2.28. The van der Waals surface area contributed by atoms with Gasteiger partial charge in [0.1, 0.15) is 0 Å². The lowest BCUT2D eigenvalue weighted by molar-refractivity contribution is 0.0937. The van der Waals surface area contributed by atoms with Crippen LogP contribution in [0.2, 0.25) is 5.02 Å². The highest BCUT2D eigenvalue weighted by molar-refractivity contribution is 7.98. The number of carbonyl (C=O) groups excluding carboxylic acids is 1. The number of halogens is 1. The van der Waals surface area contributed by atoms with Crippen molar-refractivity contribution in [2.75, 3.05) is 0 Å². The zero-order chi connectivity index (χ0) is 19.4. The molecule has 1 aromatic heterocycles. The highest BCUT2D eigenvalue weighted by Gasteiger charge is 2.18. The number of aryl methyl sites for hydroxylation is 1. The number of nitrogens with one attached hydrogen (secondary N) is 1. The number of carbonyl (C=O) groups is 1. The Morgan fingerprint density at radius 3 is 2.48 bits per heavy atom. The van der Waals surface area contributed by atoms with Crippen molar-refractivity contribution in [2.24, 2.45) is 7.05 Å². The molecule has 0 saturated carbocycles. The molecule has 0 saturated heterocycles. The van der Waals surface area contributed by atoms with Gasteiger partial charge in [-0.25, -0.2) is 0 Å². The second kappa shape index (κ2) is 8.59. The van der Waals surface area contributed by atoms with Crippen molar-refractivity contribution < 1.29 is 4.79 Å². The fourth-order valence-corrected chi connectivity index (χ4v) is 3.61. The number of thioether (sulfide) groups is 1. The molecule has 7 heteroatoms. The van der Waals surface area contributed by atoms with Crippen LogP contribution in [0.5, 0.6) is 0 Å². The predicted octanol–water partition coefficient (Wildman–Crippen LogP) is 4.56. The Kier molecular flexibility index (Phi) is 6.19. The third kappa shape index (κ3) is 4.90. The number of hydrogen-bond donors (Lipinski definition) is 1. The lowest BCUT2D eigenvalue weighted by Gasteiger charge is -2.13. The van der Waals surface area contributed by atoms with Gasteiger partial charge in [0.15, 0.2) is 11.0 Å². The molecule has 0 spiro atoms. The van der Waals surface area contributed by atoms with Crippen LogP contribution in [0.4, 0.5) is 0 Å². The molecule has 0 unspecified atom stereocenters. The van der Waals surface area contributed by atoms with E-state index in [4.69, 9.17) is 11.6 Å². The van der Waals surface area contributed by atoms with Gasteiger partial charge in [0.25, 0.3) is 5.91 Å². The molecule has 0 aliphatic rings. The average molecular weight is 401 g/mol. The Hall–Kier alpha value is -2.31. The van der Waals surface area contributed by atoms with Crippen molar-refractivity contribution in [3.05, 3.63) is 76.1 Å². The van der Waals surface area contributed by atoms with Gasteiger partial charge < -0.3 is 9.88 Å². The largest absolute Gasteiger partial charge is 0.342 e. The van der Waals surface area contributed by atoms with Crippen molar-refractivity contribution in [2.45, 2.75) is 30.8 Å². The van der Waals surface area contributed by atoms with Crippen LogP contribution in [-0.4, -0.2) is 20.7 Å². The van der Waals surface area contributed by atoms with Crippen LogP contribution in [-0.2, 0) is 12.8 Å². The second-order valence-electron chi connectivity index (χ2n) is 6.38. The molecule has 3 rings (SSSR count). The highest BCUT2D eigenvalue weighted by atomic mass is 35.5. The number of nitrogens with zero attached hydrogens (tertiary/aromatic N) is 3. The Bertz CT molecular complexity index is 922. The molecule has 140 valence electrons. The molecule has 1 atom stereocenters. The zero-order valence-corrected chi connectivity index (χ0v) is 17.0. The monoisotopic (exact) mass is 400 g/mol. The Morgan fingerprint density at radius 1 is 1.15 bits per heavy atom.